The third-order valence-electron chi connectivity index (χ3n) is 3.18. The minimum Gasteiger partial charge on any atom is -0.296 e. The van der Waals surface area contributed by atoms with Crippen LogP contribution in [0.1, 0.15) is 22.2 Å². The molecule has 0 aliphatic rings. The van der Waals surface area contributed by atoms with Gasteiger partial charge >= 0.3 is 0 Å². The van der Waals surface area contributed by atoms with E-state index in [0.29, 0.717) is 10.7 Å². The quantitative estimate of drug-likeness (QED) is 0.516. The number of carbonyl (C=O) groups excluding carboxylic acids is 1. The van der Waals surface area contributed by atoms with Gasteiger partial charge in [0.05, 0.1) is 5.56 Å². The lowest BCUT2D eigenvalue weighted by atomic mass is 10.0. The molecular formula is C16H15N3OS3. The summed E-state index contributed by atoms with van der Waals surface area (Å²) in [5.41, 5.74) is 2.72. The highest BCUT2D eigenvalue weighted by Crippen LogP contribution is 2.33. The molecule has 0 radical (unpaired) electrons. The minimum atomic E-state index is -0.141. The molecular weight excluding hydrogens is 346 g/mol. The lowest BCUT2D eigenvalue weighted by Crippen LogP contribution is -2.12. The Kier molecular flexibility index (Phi) is 5.09. The first kappa shape index (κ1) is 16.2. The molecule has 0 bridgehead atoms. The number of nitrogens with zero attached hydrogens (tertiary/aromatic N) is 2. The number of aryl methyl sites for hydroxylation is 1. The van der Waals surface area contributed by atoms with Gasteiger partial charge in [-0.15, -0.1) is 21.5 Å². The minimum absolute atomic E-state index is 0.141. The van der Waals surface area contributed by atoms with Crippen molar-refractivity contribution in [2.24, 2.45) is 0 Å². The molecule has 1 N–H and O–H groups in total. The predicted octanol–water partition coefficient (Wildman–Crippen LogP) is 4.94. The molecule has 0 aliphatic carbocycles. The standard InChI is InChI=1S/C16H15N3OS3/c1-3-21-16-19-18-15(23-16)17-14(20)12-9-22-10(2)13(12)11-7-5-4-6-8-11/h4-9H,3H2,1-2H3,(H,17,18,20). The number of thiophene rings is 1. The first-order valence-corrected chi connectivity index (χ1v) is 9.78. The molecule has 0 saturated carbocycles. The lowest BCUT2D eigenvalue weighted by Gasteiger charge is -2.05. The number of thioether (sulfide) groups is 1. The summed E-state index contributed by atoms with van der Waals surface area (Å²) < 4.78 is 0.868. The van der Waals surface area contributed by atoms with Crippen molar-refractivity contribution in [3.05, 3.63) is 46.2 Å². The fraction of sp³-hybridized carbons (Fsp3) is 0.188. The van der Waals surface area contributed by atoms with Crippen LogP contribution in [-0.4, -0.2) is 21.9 Å². The summed E-state index contributed by atoms with van der Waals surface area (Å²) in [5, 5.41) is 13.4. The Morgan fingerprint density at radius 3 is 2.78 bits per heavy atom. The maximum absolute atomic E-state index is 12.6. The van der Waals surface area contributed by atoms with Gasteiger partial charge in [0.15, 0.2) is 4.34 Å². The number of carbonyl (C=O) groups is 1. The highest BCUT2D eigenvalue weighted by molar-refractivity contribution is 8.01. The zero-order valence-corrected chi connectivity index (χ0v) is 15.1. The molecule has 2 heterocycles. The van der Waals surface area contributed by atoms with E-state index in [1.165, 1.54) is 11.3 Å². The smallest absolute Gasteiger partial charge is 0.258 e. The van der Waals surface area contributed by atoms with Crippen LogP contribution in [0.25, 0.3) is 11.1 Å². The first-order valence-electron chi connectivity index (χ1n) is 7.10. The van der Waals surface area contributed by atoms with Crippen molar-refractivity contribution in [2.75, 3.05) is 11.1 Å². The molecule has 0 aliphatic heterocycles. The number of hydrogen-bond acceptors (Lipinski definition) is 6. The summed E-state index contributed by atoms with van der Waals surface area (Å²) in [7, 11) is 0. The lowest BCUT2D eigenvalue weighted by molar-refractivity contribution is 0.102. The molecule has 0 saturated heterocycles. The second kappa shape index (κ2) is 7.25. The number of hydrogen-bond donors (Lipinski definition) is 1. The third-order valence-corrected chi connectivity index (χ3v) is 5.94. The van der Waals surface area contributed by atoms with Gasteiger partial charge in [0.1, 0.15) is 0 Å². The van der Waals surface area contributed by atoms with Gasteiger partial charge in [-0.05, 0) is 18.2 Å². The van der Waals surface area contributed by atoms with Crippen molar-refractivity contribution >= 4 is 45.5 Å². The molecule has 0 atom stereocenters. The number of amides is 1. The van der Waals surface area contributed by atoms with Crippen molar-refractivity contribution in [1.82, 2.24) is 10.2 Å². The fourth-order valence-corrected chi connectivity index (χ4v) is 4.70. The van der Waals surface area contributed by atoms with E-state index in [1.54, 1.807) is 23.1 Å². The van der Waals surface area contributed by atoms with Crippen molar-refractivity contribution in [3.63, 3.8) is 0 Å². The summed E-state index contributed by atoms with van der Waals surface area (Å²) in [5.74, 6) is 0.794. The van der Waals surface area contributed by atoms with E-state index in [0.717, 1.165) is 26.1 Å². The highest BCUT2D eigenvalue weighted by atomic mass is 32.2. The zero-order chi connectivity index (χ0) is 16.2. The number of aromatic nitrogens is 2. The van der Waals surface area contributed by atoms with E-state index in [1.807, 2.05) is 42.6 Å². The summed E-state index contributed by atoms with van der Waals surface area (Å²) >= 11 is 4.60. The number of benzene rings is 1. The van der Waals surface area contributed by atoms with Gasteiger partial charge in [-0.1, -0.05) is 60.4 Å². The Balaban J connectivity index is 1.85. The predicted molar refractivity (Wildman–Crippen MR) is 98.8 cm³/mol. The highest BCUT2D eigenvalue weighted by Gasteiger charge is 2.18. The van der Waals surface area contributed by atoms with Gasteiger partial charge in [0.25, 0.3) is 5.91 Å². The molecule has 0 fully saturated rings. The average molecular weight is 362 g/mol. The third kappa shape index (κ3) is 3.63. The number of nitrogens with one attached hydrogen (secondary N) is 1. The molecule has 4 nitrogen and oxygen atoms in total. The molecule has 118 valence electrons. The second-order valence-electron chi connectivity index (χ2n) is 4.71. The van der Waals surface area contributed by atoms with Gasteiger partial charge in [-0.3, -0.25) is 10.1 Å². The molecule has 1 aromatic carbocycles. The van der Waals surface area contributed by atoms with E-state index < -0.39 is 0 Å². The Bertz CT molecular complexity index is 811. The van der Waals surface area contributed by atoms with Crippen molar-refractivity contribution in [2.45, 2.75) is 18.2 Å². The SMILES string of the molecule is CCSc1nnc(NC(=O)c2csc(C)c2-c2ccccc2)s1. The van der Waals surface area contributed by atoms with Crippen LogP contribution in [0.4, 0.5) is 5.13 Å². The summed E-state index contributed by atoms with van der Waals surface area (Å²) in [4.78, 5) is 13.7. The monoisotopic (exact) mass is 361 g/mol. The Labute approximate surface area is 147 Å². The van der Waals surface area contributed by atoms with Gasteiger partial charge < -0.3 is 0 Å². The van der Waals surface area contributed by atoms with E-state index in [2.05, 4.69) is 22.4 Å². The van der Waals surface area contributed by atoms with Crippen LogP contribution in [0.5, 0.6) is 0 Å². The van der Waals surface area contributed by atoms with Gasteiger partial charge in [-0.25, -0.2) is 0 Å². The molecule has 7 heteroatoms. The summed E-state index contributed by atoms with van der Waals surface area (Å²) in [6.45, 7) is 4.09. The topological polar surface area (TPSA) is 54.9 Å². The van der Waals surface area contributed by atoms with Crippen molar-refractivity contribution in [1.29, 1.82) is 0 Å². The van der Waals surface area contributed by atoms with E-state index in [-0.39, 0.29) is 5.91 Å². The summed E-state index contributed by atoms with van der Waals surface area (Å²) in [6.07, 6.45) is 0. The second-order valence-corrected chi connectivity index (χ2v) is 8.28. The van der Waals surface area contributed by atoms with Crippen molar-refractivity contribution < 1.29 is 4.79 Å². The van der Waals surface area contributed by atoms with Crippen LogP contribution < -0.4 is 5.32 Å². The Hall–Kier alpha value is -1.70. The van der Waals surface area contributed by atoms with E-state index >= 15 is 0 Å². The van der Waals surface area contributed by atoms with Crippen LogP contribution in [-0.2, 0) is 0 Å². The van der Waals surface area contributed by atoms with Gasteiger partial charge in [0.2, 0.25) is 5.13 Å². The molecule has 0 unspecified atom stereocenters. The maximum Gasteiger partial charge on any atom is 0.258 e. The van der Waals surface area contributed by atoms with Crippen LogP contribution in [0, 0.1) is 6.92 Å². The molecule has 0 spiro atoms. The van der Waals surface area contributed by atoms with Gasteiger partial charge in [0, 0.05) is 15.8 Å². The van der Waals surface area contributed by atoms with Gasteiger partial charge in [-0.2, -0.15) is 0 Å². The van der Waals surface area contributed by atoms with E-state index in [9.17, 15) is 4.79 Å². The molecule has 3 aromatic rings. The van der Waals surface area contributed by atoms with Crippen LogP contribution >= 0.6 is 34.4 Å². The largest absolute Gasteiger partial charge is 0.296 e. The van der Waals surface area contributed by atoms with Crippen LogP contribution in [0.2, 0.25) is 0 Å². The Morgan fingerprint density at radius 1 is 1.26 bits per heavy atom. The van der Waals surface area contributed by atoms with Crippen molar-refractivity contribution in [3.8, 4) is 11.1 Å². The maximum atomic E-state index is 12.6. The molecule has 3 rings (SSSR count). The zero-order valence-electron chi connectivity index (χ0n) is 12.7. The normalized spacial score (nSPS) is 10.7. The molecule has 23 heavy (non-hydrogen) atoms. The number of anilines is 1. The van der Waals surface area contributed by atoms with Crippen LogP contribution in [0.3, 0.4) is 0 Å². The first-order chi connectivity index (χ1) is 11.2. The molecule has 2 aromatic heterocycles. The van der Waals surface area contributed by atoms with Crippen LogP contribution in [0.15, 0.2) is 40.1 Å². The molecule has 1 amide bonds. The average Bonchev–Trinajstić information content (AvgIpc) is 3.15. The van der Waals surface area contributed by atoms with E-state index in [4.69, 9.17) is 0 Å². The Morgan fingerprint density at radius 2 is 2.04 bits per heavy atom. The fourth-order valence-electron chi connectivity index (χ4n) is 2.19. The number of rotatable bonds is 5. The summed E-state index contributed by atoms with van der Waals surface area (Å²) in [6, 6.07) is 9.97.